The fourth-order valence-corrected chi connectivity index (χ4v) is 3.51. The molecule has 0 amide bonds. The lowest BCUT2D eigenvalue weighted by molar-refractivity contribution is -0.137. The van der Waals surface area contributed by atoms with Crippen molar-refractivity contribution in [3.63, 3.8) is 0 Å². The minimum atomic E-state index is -4.62. The maximum atomic E-state index is 13.4. The van der Waals surface area contributed by atoms with Gasteiger partial charge in [0.05, 0.1) is 34.7 Å². The summed E-state index contributed by atoms with van der Waals surface area (Å²) in [6.45, 7) is 7.19. The van der Waals surface area contributed by atoms with Crippen molar-refractivity contribution >= 4 is 46.4 Å². The zero-order chi connectivity index (χ0) is 22.7. The minimum absolute atomic E-state index is 0.0201. The predicted octanol–water partition coefficient (Wildman–Crippen LogP) is 6.01. The number of aromatic nitrogens is 1. The van der Waals surface area contributed by atoms with Gasteiger partial charge in [-0.15, -0.1) is 0 Å². The lowest BCUT2D eigenvalue weighted by Crippen LogP contribution is -2.25. The van der Waals surface area contributed by atoms with Crippen LogP contribution in [-0.2, 0) is 22.3 Å². The van der Waals surface area contributed by atoms with Crippen molar-refractivity contribution < 1.29 is 22.5 Å². The van der Waals surface area contributed by atoms with Gasteiger partial charge in [-0.3, -0.25) is 4.98 Å². The van der Waals surface area contributed by atoms with E-state index in [9.17, 15) is 17.7 Å². The van der Waals surface area contributed by atoms with Crippen LogP contribution in [0.3, 0.4) is 0 Å². The first-order chi connectivity index (χ1) is 13.9. The number of hydrogen-bond donors (Lipinski definition) is 0. The van der Waals surface area contributed by atoms with Crippen LogP contribution in [0.25, 0.3) is 11.3 Å². The molecule has 0 N–H and O–H groups in total. The average Bonchev–Trinajstić information content (AvgIpc) is 2.64. The summed E-state index contributed by atoms with van der Waals surface area (Å²) in [6.07, 6.45) is -2.03. The summed E-state index contributed by atoms with van der Waals surface area (Å²) in [6, 6.07) is 4.98. The number of hydrogen-bond acceptors (Lipinski definition) is 5. The lowest BCUT2D eigenvalue weighted by atomic mass is 9.98. The second kappa shape index (κ2) is 9.64. The van der Waals surface area contributed by atoms with Crippen molar-refractivity contribution in [2.75, 3.05) is 6.61 Å². The van der Waals surface area contributed by atoms with E-state index < -0.39 is 27.8 Å². The van der Waals surface area contributed by atoms with E-state index in [4.69, 9.17) is 28.6 Å². The molecule has 1 atom stereocenters. The molecular formula is C20H20ClF3N2O2S2. The monoisotopic (exact) mass is 476 g/mol. The SMILES string of the molecule is CCOC(=S)c1cccnc1-c1c(Cl)cc(C(F)(F)F)cc1/C=N\[S+]([O-])C(C)(C)C. The first-order valence-electron chi connectivity index (χ1n) is 8.85. The Morgan fingerprint density at radius 3 is 2.57 bits per heavy atom. The summed E-state index contributed by atoms with van der Waals surface area (Å²) < 4.78 is 61.0. The largest absolute Gasteiger partial charge is 0.591 e. The van der Waals surface area contributed by atoms with Crippen LogP contribution in [0.15, 0.2) is 34.9 Å². The fraction of sp³-hybridized carbons (Fsp3) is 0.350. The molecule has 0 spiro atoms. The highest BCUT2D eigenvalue weighted by atomic mass is 35.5. The number of nitrogens with zero attached hydrogens (tertiary/aromatic N) is 2. The van der Waals surface area contributed by atoms with E-state index in [2.05, 4.69) is 9.38 Å². The number of alkyl halides is 3. The Bertz CT molecular complexity index is 960. The van der Waals surface area contributed by atoms with E-state index in [1.165, 1.54) is 6.20 Å². The van der Waals surface area contributed by atoms with Gasteiger partial charge in [-0.1, -0.05) is 16.0 Å². The predicted molar refractivity (Wildman–Crippen MR) is 119 cm³/mol. The first kappa shape index (κ1) is 24.6. The molecule has 2 aromatic rings. The van der Waals surface area contributed by atoms with Crippen molar-refractivity contribution in [2.45, 2.75) is 38.6 Å². The van der Waals surface area contributed by atoms with Crippen LogP contribution >= 0.6 is 23.8 Å². The smallest absolute Gasteiger partial charge is 0.416 e. The third-order valence-electron chi connectivity index (χ3n) is 3.80. The molecule has 0 saturated heterocycles. The van der Waals surface area contributed by atoms with Crippen molar-refractivity contribution in [3.8, 4) is 11.3 Å². The highest BCUT2D eigenvalue weighted by molar-refractivity contribution is 7.91. The van der Waals surface area contributed by atoms with E-state index in [1.54, 1.807) is 39.8 Å². The molecule has 1 aromatic carbocycles. The molecule has 0 radical (unpaired) electrons. The summed E-state index contributed by atoms with van der Waals surface area (Å²) in [4.78, 5) is 4.27. The van der Waals surface area contributed by atoms with Gasteiger partial charge in [-0.2, -0.15) is 13.2 Å². The second-order valence-electron chi connectivity index (χ2n) is 7.14. The number of benzene rings is 1. The second-order valence-corrected chi connectivity index (χ2v) is 9.85. The Hall–Kier alpha value is -1.68. The van der Waals surface area contributed by atoms with E-state index in [0.29, 0.717) is 12.2 Å². The molecule has 0 aliphatic rings. The van der Waals surface area contributed by atoms with E-state index in [-0.39, 0.29) is 26.9 Å². The number of thiocarbonyl (C=S) groups is 1. The number of ether oxygens (including phenoxy) is 1. The molecule has 30 heavy (non-hydrogen) atoms. The third kappa shape index (κ3) is 5.94. The van der Waals surface area contributed by atoms with Crippen LogP contribution in [-0.4, -0.2) is 32.2 Å². The Labute approximate surface area is 186 Å². The van der Waals surface area contributed by atoms with Gasteiger partial charge in [-0.25, -0.2) is 0 Å². The molecule has 2 rings (SSSR count). The average molecular weight is 477 g/mol. The maximum Gasteiger partial charge on any atom is 0.416 e. The van der Waals surface area contributed by atoms with Gasteiger partial charge in [0.15, 0.2) is 5.05 Å². The van der Waals surface area contributed by atoms with Crippen LogP contribution < -0.4 is 0 Å². The zero-order valence-electron chi connectivity index (χ0n) is 16.7. The highest BCUT2D eigenvalue weighted by Crippen LogP contribution is 2.38. The molecule has 1 heterocycles. The summed E-state index contributed by atoms with van der Waals surface area (Å²) in [5.74, 6) is 0. The highest BCUT2D eigenvalue weighted by Gasteiger charge is 2.33. The number of pyridine rings is 1. The van der Waals surface area contributed by atoms with Crippen molar-refractivity contribution in [1.82, 2.24) is 4.98 Å². The fourth-order valence-electron chi connectivity index (χ4n) is 2.38. The van der Waals surface area contributed by atoms with Crippen LogP contribution in [0, 0.1) is 0 Å². The van der Waals surface area contributed by atoms with E-state index >= 15 is 0 Å². The van der Waals surface area contributed by atoms with Crippen LogP contribution in [0.2, 0.25) is 5.02 Å². The molecule has 1 aromatic heterocycles. The molecule has 4 nitrogen and oxygen atoms in total. The minimum Gasteiger partial charge on any atom is -0.591 e. The maximum absolute atomic E-state index is 13.4. The van der Waals surface area contributed by atoms with Crippen molar-refractivity contribution in [2.24, 2.45) is 4.40 Å². The van der Waals surface area contributed by atoms with Gasteiger partial charge in [0.25, 0.3) is 0 Å². The van der Waals surface area contributed by atoms with Crippen LogP contribution in [0.1, 0.15) is 44.4 Å². The van der Waals surface area contributed by atoms with Gasteiger partial charge >= 0.3 is 6.18 Å². The molecule has 1 unspecified atom stereocenters. The normalized spacial score (nSPS) is 13.5. The molecule has 10 heteroatoms. The number of rotatable bonds is 5. The van der Waals surface area contributed by atoms with E-state index in [0.717, 1.165) is 18.3 Å². The Morgan fingerprint density at radius 2 is 2.00 bits per heavy atom. The topological polar surface area (TPSA) is 57.5 Å². The first-order valence-corrected chi connectivity index (χ1v) is 10.7. The quantitative estimate of drug-likeness (QED) is 0.301. The van der Waals surface area contributed by atoms with Crippen LogP contribution in [0.5, 0.6) is 0 Å². The van der Waals surface area contributed by atoms with Crippen LogP contribution in [0.4, 0.5) is 13.2 Å². The Kier molecular flexibility index (Phi) is 7.90. The molecule has 162 valence electrons. The number of halogens is 4. The molecule has 0 fully saturated rings. The lowest BCUT2D eigenvalue weighted by Gasteiger charge is -2.19. The van der Waals surface area contributed by atoms with Crippen molar-refractivity contribution in [1.29, 1.82) is 0 Å². The molecular weight excluding hydrogens is 457 g/mol. The third-order valence-corrected chi connectivity index (χ3v) is 5.78. The van der Waals surface area contributed by atoms with E-state index in [1.807, 2.05) is 0 Å². The summed E-state index contributed by atoms with van der Waals surface area (Å²) in [5.41, 5.74) is -0.0898. The summed E-state index contributed by atoms with van der Waals surface area (Å²) in [5, 5.41) is -0.0511. The molecule has 0 saturated carbocycles. The van der Waals surface area contributed by atoms with Gasteiger partial charge in [0.2, 0.25) is 0 Å². The Morgan fingerprint density at radius 1 is 1.33 bits per heavy atom. The molecule has 0 aliphatic heterocycles. The zero-order valence-corrected chi connectivity index (χ0v) is 19.1. The summed E-state index contributed by atoms with van der Waals surface area (Å²) >= 11 is 9.86. The van der Waals surface area contributed by atoms with Gasteiger partial charge in [0.1, 0.15) is 16.1 Å². The Balaban J connectivity index is 2.74. The van der Waals surface area contributed by atoms with Gasteiger partial charge in [-0.05, 0) is 64.2 Å². The molecule has 0 bridgehead atoms. The van der Waals surface area contributed by atoms with Gasteiger partial charge in [0, 0.05) is 17.3 Å². The van der Waals surface area contributed by atoms with Crippen molar-refractivity contribution in [3.05, 3.63) is 52.2 Å². The molecule has 0 aliphatic carbocycles. The van der Waals surface area contributed by atoms with Gasteiger partial charge < -0.3 is 9.29 Å². The standard InChI is InChI=1S/C20H20ClF3N2O2S2/c1-5-28-18(29)14-7-6-8-25-17(14)16-12(11-26-30(27)19(2,3)4)9-13(10-15(16)21)20(22,23)24/h6-11H,5H2,1-4H3/b26-11-. The summed E-state index contributed by atoms with van der Waals surface area (Å²) in [7, 11) is 0.